The Kier molecular flexibility index (Phi) is 1.24. The SMILES string of the molecule is [N-]=[N+]1c2cccc3cc4c1cccc4cc23. The summed E-state index contributed by atoms with van der Waals surface area (Å²) in [6.07, 6.45) is 0. The Bertz CT molecular complexity index is 707. The molecule has 3 aromatic carbocycles. The number of hydrogen-bond donors (Lipinski definition) is 0. The fraction of sp³-hybridized carbons (Fsp3) is 0. The molecule has 3 aromatic rings. The summed E-state index contributed by atoms with van der Waals surface area (Å²) in [6.45, 7) is 0. The van der Waals surface area contributed by atoms with Crippen LogP contribution in [0.4, 0.5) is 11.4 Å². The summed E-state index contributed by atoms with van der Waals surface area (Å²) in [5.74, 6) is 0. The molecule has 0 amide bonds. The Balaban J connectivity index is 2.45. The van der Waals surface area contributed by atoms with Crippen molar-refractivity contribution in [3.63, 3.8) is 0 Å². The zero-order valence-electron chi connectivity index (χ0n) is 8.51. The summed E-state index contributed by atoms with van der Waals surface area (Å²) in [5.41, 5.74) is 11.9. The Labute approximate surface area is 92.2 Å². The molecule has 5 rings (SSSR count). The average molecular weight is 204 g/mol. The van der Waals surface area contributed by atoms with Gasteiger partial charge in [-0.25, -0.2) is 4.70 Å². The van der Waals surface area contributed by atoms with Crippen LogP contribution in [0.15, 0.2) is 48.5 Å². The van der Waals surface area contributed by atoms with Gasteiger partial charge in [-0.2, -0.15) is 0 Å². The van der Waals surface area contributed by atoms with Crippen molar-refractivity contribution >= 4 is 32.9 Å². The molecule has 0 atom stereocenters. The normalized spacial score (nSPS) is 13.1. The highest BCUT2D eigenvalue weighted by atomic mass is 15.2. The molecule has 6 bridgehead atoms. The lowest BCUT2D eigenvalue weighted by molar-refractivity contribution is 1.08. The minimum absolute atomic E-state index is 0.855. The summed E-state index contributed by atoms with van der Waals surface area (Å²) >= 11 is 0. The first-order valence-corrected chi connectivity index (χ1v) is 5.29. The third kappa shape index (κ3) is 0.784. The largest absolute Gasteiger partial charge is 0.493 e. The Morgan fingerprint density at radius 3 is 1.75 bits per heavy atom. The molecule has 0 aromatic heterocycles. The zero-order valence-corrected chi connectivity index (χ0v) is 8.51. The van der Waals surface area contributed by atoms with E-state index >= 15 is 0 Å². The second kappa shape index (κ2) is 2.47. The Hall–Kier alpha value is -2.22. The molecule has 0 fully saturated rings. The van der Waals surface area contributed by atoms with E-state index in [9.17, 15) is 5.53 Å². The van der Waals surface area contributed by atoms with Crippen molar-refractivity contribution in [3.8, 4) is 0 Å². The smallest absolute Gasteiger partial charge is 0.207 e. The minimum atomic E-state index is 0.855. The molecular weight excluding hydrogens is 196 g/mol. The van der Waals surface area contributed by atoms with E-state index in [0.717, 1.165) is 22.1 Å². The lowest BCUT2D eigenvalue weighted by atomic mass is 10.0. The van der Waals surface area contributed by atoms with Gasteiger partial charge in [0, 0.05) is 12.1 Å². The fourth-order valence-corrected chi connectivity index (χ4v) is 2.52. The van der Waals surface area contributed by atoms with Gasteiger partial charge in [-0.15, -0.1) is 0 Å². The lowest BCUT2D eigenvalue weighted by Crippen LogP contribution is -1.94. The molecule has 0 radical (unpaired) electrons. The molecule has 2 aliphatic heterocycles. The molecule has 0 saturated carbocycles. The van der Waals surface area contributed by atoms with Crippen molar-refractivity contribution in [2.45, 2.75) is 0 Å². The van der Waals surface area contributed by atoms with E-state index in [0.29, 0.717) is 0 Å². The minimum Gasteiger partial charge on any atom is -0.493 e. The molecule has 0 N–H and O–H groups in total. The molecule has 0 aliphatic carbocycles. The molecular formula is C14H8N2. The van der Waals surface area contributed by atoms with Crippen molar-refractivity contribution in [2.24, 2.45) is 0 Å². The highest BCUT2D eigenvalue weighted by Gasteiger charge is 2.19. The van der Waals surface area contributed by atoms with E-state index in [1.807, 2.05) is 24.3 Å². The number of benzene rings is 3. The summed E-state index contributed by atoms with van der Waals surface area (Å²) in [4.78, 5) is 0. The van der Waals surface area contributed by atoms with Crippen molar-refractivity contribution in [1.29, 1.82) is 0 Å². The van der Waals surface area contributed by atoms with E-state index in [1.165, 1.54) is 15.5 Å². The maximum absolute atomic E-state index is 10.2. The first kappa shape index (κ1) is 7.99. The third-order valence-corrected chi connectivity index (χ3v) is 3.29. The molecule has 2 heterocycles. The zero-order chi connectivity index (χ0) is 10.7. The topological polar surface area (TPSA) is 25.3 Å². The van der Waals surface area contributed by atoms with Gasteiger partial charge < -0.3 is 5.53 Å². The van der Waals surface area contributed by atoms with Crippen molar-refractivity contribution in [2.75, 3.05) is 0 Å². The first-order valence-electron chi connectivity index (χ1n) is 5.29. The van der Waals surface area contributed by atoms with E-state index in [2.05, 4.69) is 24.3 Å². The van der Waals surface area contributed by atoms with Gasteiger partial charge in [-0.3, -0.25) is 0 Å². The van der Waals surface area contributed by atoms with Gasteiger partial charge in [-0.1, -0.05) is 24.3 Å². The summed E-state index contributed by atoms with van der Waals surface area (Å²) < 4.78 is 1.28. The molecule has 0 unspecified atom stereocenters. The maximum atomic E-state index is 10.2. The third-order valence-electron chi connectivity index (χ3n) is 3.29. The van der Waals surface area contributed by atoms with Crippen molar-refractivity contribution < 1.29 is 0 Å². The molecule has 0 spiro atoms. The summed E-state index contributed by atoms with van der Waals surface area (Å²) in [5, 5.41) is 4.54. The molecule has 2 aliphatic rings. The lowest BCUT2D eigenvalue weighted by Gasteiger charge is -2.03. The molecule has 0 saturated heterocycles. The molecule has 2 nitrogen and oxygen atoms in total. The predicted octanol–water partition coefficient (Wildman–Crippen LogP) is 4.16. The molecule has 74 valence electrons. The van der Waals surface area contributed by atoms with Crippen molar-refractivity contribution in [1.82, 2.24) is 4.70 Å². The second-order valence-corrected chi connectivity index (χ2v) is 4.16. The summed E-state index contributed by atoms with van der Waals surface area (Å²) in [7, 11) is 0. The van der Waals surface area contributed by atoms with Crippen LogP contribution in [0.25, 0.3) is 27.1 Å². The van der Waals surface area contributed by atoms with E-state index in [-0.39, 0.29) is 0 Å². The van der Waals surface area contributed by atoms with Gasteiger partial charge in [0.25, 0.3) is 0 Å². The monoisotopic (exact) mass is 204 g/mol. The van der Waals surface area contributed by atoms with Crippen LogP contribution in [-0.4, -0.2) is 0 Å². The fourth-order valence-electron chi connectivity index (χ4n) is 2.52. The quantitative estimate of drug-likeness (QED) is 0.303. The van der Waals surface area contributed by atoms with Crippen LogP contribution in [0.3, 0.4) is 0 Å². The number of rotatable bonds is 0. The highest BCUT2D eigenvalue weighted by molar-refractivity contribution is 6.09. The van der Waals surface area contributed by atoms with Crippen LogP contribution in [0, 0.1) is 0 Å². The first-order chi connectivity index (χ1) is 7.84. The standard InChI is InChI=1S/C14H8N2/c15-16-13-5-1-3-9-7-12-10(8-11(9)13)4-2-6-14(12)16/h1-8H. The van der Waals surface area contributed by atoms with Crippen LogP contribution in [0.1, 0.15) is 0 Å². The second-order valence-electron chi connectivity index (χ2n) is 4.16. The Morgan fingerprint density at radius 1 is 0.750 bits per heavy atom. The van der Waals surface area contributed by atoms with E-state index in [4.69, 9.17) is 0 Å². The van der Waals surface area contributed by atoms with E-state index < -0.39 is 0 Å². The van der Waals surface area contributed by atoms with Crippen LogP contribution in [0.5, 0.6) is 0 Å². The van der Waals surface area contributed by atoms with E-state index in [1.54, 1.807) is 0 Å². The van der Waals surface area contributed by atoms with Crippen molar-refractivity contribution in [3.05, 3.63) is 54.1 Å². The van der Waals surface area contributed by atoms with Gasteiger partial charge in [0.1, 0.15) is 0 Å². The van der Waals surface area contributed by atoms with Gasteiger partial charge in [-0.05, 0) is 22.9 Å². The molecule has 16 heavy (non-hydrogen) atoms. The molecule has 2 heteroatoms. The number of nitrogens with zero attached hydrogens (tertiary/aromatic N) is 2. The predicted molar refractivity (Wildman–Crippen MR) is 66.3 cm³/mol. The maximum Gasteiger partial charge on any atom is 0.207 e. The number of hydrogen-bond acceptors (Lipinski definition) is 0. The van der Waals surface area contributed by atoms with Crippen LogP contribution >= 0.6 is 0 Å². The van der Waals surface area contributed by atoms with Gasteiger partial charge in [0.05, 0.1) is 10.8 Å². The average Bonchev–Trinajstić information content (AvgIpc) is 2.44. The van der Waals surface area contributed by atoms with Gasteiger partial charge in [0.2, 0.25) is 11.4 Å². The van der Waals surface area contributed by atoms with Crippen LogP contribution in [0.2, 0.25) is 0 Å². The Morgan fingerprint density at radius 2 is 1.25 bits per heavy atom. The van der Waals surface area contributed by atoms with Gasteiger partial charge >= 0.3 is 0 Å². The van der Waals surface area contributed by atoms with Crippen LogP contribution in [-0.2, 0) is 0 Å². The highest BCUT2D eigenvalue weighted by Crippen LogP contribution is 2.39. The summed E-state index contributed by atoms with van der Waals surface area (Å²) in [6, 6.07) is 16.3. The van der Waals surface area contributed by atoms with Gasteiger partial charge in [0.15, 0.2) is 0 Å². The van der Waals surface area contributed by atoms with Crippen LogP contribution < -0.4 is 4.70 Å².